The molecule has 0 saturated carbocycles. The van der Waals surface area contributed by atoms with E-state index in [0.717, 1.165) is 12.7 Å². The molecular formula is C17H15F4N5. The Morgan fingerprint density at radius 3 is 2.46 bits per heavy atom. The van der Waals surface area contributed by atoms with Crippen molar-refractivity contribution in [2.75, 3.05) is 7.05 Å². The molecule has 136 valence electrons. The summed E-state index contributed by atoms with van der Waals surface area (Å²) in [6, 6.07) is 6.54. The highest BCUT2D eigenvalue weighted by molar-refractivity contribution is 5.82. The largest absolute Gasteiger partial charge is 0.400 e. The first-order valence-corrected chi connectivity index (χ1v) is 7.66. The van der Waals surface area contributed by atoms with Crippen molar-refractivity contribution >= 4 is 10.9 Å². The summed E-state index contributed by atoms with van der Waals surface area (Å²) in [7, 11) is 1.06. The summed E-state index contributed by atoms with van der Waals surface area (Å²) in [6.45, 7) is 1.77. The second-order valence-electron chi connectivity index (χ2n) is 5.97. The van der Waals surface area contributed by atoms with Crippen LogP contribution in [0.5, 0.6) is 0 Å². The number of nitriles is 1. The first-order valence-electron chi connectivity index (χ1n) is 7.66. The molecule has 1 aliphatic rings. The number of nitrogens with two attached hydrogens (primary N) is 1. The van der Waals surface area contributed by atoms with Gasteiger partial charge in [0.1, 0.15) is 5.70 Å². The molecule has 0 bridgehead atoms. The quantitative estimate of drug-likeness (QED) is 0.817. The molecule has 0 amide bonds. The molecule has 5 nitrogen and oxygen atoms in total. The lowest BCUT2D eigenvalue weighted by Crippen LogP contribution is -2.36. The molecule has 1 unspecified atom stereocenters. The van der Waals surface area contributed by atoms with Gasteiger partial charge in [-0.15, -0.1) is 0 Å². The minimum atomic E-state index is -3.10. The summed E-state index contributed by atoms with van der Waals surface area (Å²) in [5.74, 6) is -1.18. The van der Waals surface area contributed by atoms with E-state index in [2.05, 4.69) is 10.2 Å². The zero-order chi connectivity index (χ0) is 19.2. The number of alkyl halides is 4. The molecule has 26 heavy (non-hydrogen) atoms. The monoisotopic (exact) mass is 365 g/mol. The average Bonchev–Trinajstić information content (AvgIpc) is 2.94. The number of benzene rings is 1. The van der Waals surface area contributed by atoms with Crippen molar-refractivity contribution in [2.24, 2.45) is 5.73 Å². The van der Waals surface area contributed by atoms with Crippen LogP contribution in [0.25, 0.3) is 10.9 Å². The highest BCUT2D eigenvalue weighted by Crippen LogP contribution is 2.42. The summed E-state index contributed by atoms with van der Waals surface area (Å²) in [5.41, 5.74) is 5.54. The fourth-order valence-electron chi connectivity index (χ4n) is 3.30. The van der Waals surface area contributed by atoms with E-state index in [0.29, 0.717) is 21.4 Å². The minimum absolute atomic E-state index is 0.316. The van der Waals surface area contributed by atoms with Crippen molar-refractivity contribution in [1.82, 2.24) is 15.1 Å². The Labute approximate surface area is 146 Å². The van der Waals surface area contributed by atoms with E-state index in [4.69, 9.17) is 5.73 Å². The number of aromatic amines is 1. The van der Waals surface area contributed by atoms with E-state index in [1.165, 1.54) is 0 Å². The topological polar surface area (TPSA) is 81.7 Å². The van der Waals surface area contributed by atoms with Gasteiger partial charge < -0.3 is 10.6 Å². The molecule has 1 atom stereocenters. The number of hydrogen-bond donors (Lipinski definition) is 2. The number of hydrogen-bond acceptors (Lipinski definition) is 4. The molecule has 2 heterocycles. The molecule has 0 fully saturated rings. The van der Waals surface area contributed by atoms with Crippen LogP contribution in [0.3, 0.4) is 0 Å². The highest BCUT2D eigenvalue weighted by atomic mass is 19.3. The van der Waals surface area contributed by atoms with Crippen LogP contribution in [0, 0.1) is 18.3 Å². The lowest BCUT2D eigenvalue weighted by atomic mass is 9.83. The van der Waals surface area contributed by atoms with Crippen LogP contribution in [0.1, 0.15) is 17.2 Å². The third-order valence-electron chi connectivity index (χ3n) is 4.53. The van der Waals surface area contributed by atoms with Gasteiger partial charge in [0.2, 0.25) is 0 Å². The summed E-state index contributed by atoms with van der Waals surface area (Å²) < 4.78 is 54.1. The first kappa shape index (κ1) is 17.8. The molecule has 1 aromatic carbocycles. The predicted molar refractivity (Wildman–Crippen MR) is 87.2 cm³/mol. The number of nitrogens with one attached hydrogen (secondary N) is 1. The Morgan fingerprint density at radius 1 is 1.23 bits per heavy atom. The first-order chi connectivity index (χ1) is 12.3. The van der Waals surface area contributed by atoms with E-state index in [1.54, 1.807) is 31.2 Å². The van der Waals surface area contributed by atoms with Crippen molar-refractivity contribution in [3.05, 3.63) is 52.1 Å². The standard InChI is InChI=1S/C17H15F4N5/c1-7-9-5-8(3-4-11(9)25-24-7)12-10(6-22)14(16(18)19)26(2)15(13(12)23)17(20)21/h3-5,12,16-17H,23H2,1-2H3,(H,24,25). The summed E-state index contributed by atoms with van der Waals surface area (Å²) >= 11 is 0. The fourth-order valence-corrected chi connectivity index (χ4v) is 3.30. The lowest BCUT2D eigenvalue weighted by molar-refractivity contribution is 0.117. The lowest BCUT2D eigenvalue weighted by Gasteiger charge is -2.35. The van der Waals surface area contributed by atoms with Crippen molar-refractivity contribution < 1.29 is 17.6 Å². The molecular weight excluding hydrogens is 350 g/mol. The Balaban J connectivity index is 2.29. The van der Waals surface area contributed by atoms with Crippen LogP contribution in [0.2, 0.25) is 0 Å². The van der Waals surface area contributed by atoms with Crippen molar-refractivity contribution in [3.63, 3.8) is 0 Å². The third-order valence-corrected chi connectivity index (χ3v) is 4.53. The molecule has 1 aliphatic heterocycles. The van der Waals surface area contributed by atoms with Crippen molar-refractivity contribution in [2.45, 2.75) is 25.7 Å². The Kier molecular flexibility index (Phi) is 4.36. The Bertz CT molecular complexity index is 967. The fraction of sp³-hybridized carbons (Fsp3) is 0.294. The zero-order valence-corrected chi connectivity index (χ0v) is 13.9. The average molecular weight is 365 g/mol. The van der Waals surface area contributed by atoms with Crippen LogP contribution in [-0.2, 0) is 0 Å². The van der Waals surface area contributed by atoms with Gasteiger partial charge in [-0.25, -0.2) is 17.6 Å². The number of H-pyrrole nitrogens is 1. The maximum atomic E-state index is 13.6. The van der Waals surface area contributed by atoms with E-state index in [-0.39, 0.29) is 11.3 Å². The molecule has 0 saturated heterocycles. The van der Waals surface area contributed by atoms with Crippen LogP contribution >= 0.6 is 0 Å². The molecule has 9 heteroatoms. The van der Waals surface area contributed by atoms with E-state index >= 15 is 0 Å². The summed E-state index contributed by atoms with van der Waals surface area (Å²) in [5, 5.41) is 17.0. The predicted octanol–water partition coefficient (Wildman–Crippen LogP) is 3.38. The maximum Gasteiger partial charge on any atom is 0.280 e. The van der Waals surface area contributed by atoms with Crippen LogP contribution in [0.4, 0.5) is 17.6 Å². The maximum absolute atomic E-state index is 13.6. The third kappa shape index (κ3) is 2.58. The van der Waals surface area contributed by atoms with Gasteiger partial charge >= 0.3 is 0 Å². The summed E-state index contributed by atoms with van der Waals surface area (Å²) in [6.07, 6.45) is -6.16. The Morgan fingerprint density at radius 2 is 1.88 bits per heavy atom. The van der Waals surface area contributed by atoms with Crippen LogP contribution in [-0.4, -0.2) is 35.0 Å². The van der Waals surface area contributed by atoms with Gasteiger partial charge in [-0.2, -0.15) is 10.4 Å². The zero-order valence-electron chi connectivity index (χ0n) is 13.9. The van der Waals surface area contributed by atoms with Crippen molar-refractivity contribution in [3.8, 4) is 6.07 Å². The number of rotatable bonds is 3. The van der Waals surface area contributed by atoms with Gasteiger partial charge in [0.15, 0.2) is 0 Å². The smallest absolute Gasteiger partial charge is 0.280 e. The second kappa shape index (κ2) is 6.37. The van der Waals surface area contributed by atoms with E-state index < -0.39 is 30.2 Å². The van der Waals surface area contributed by atoms with Gasteiger partial charge in [-0.05, 0) is 24.6 Å². The van der Waals surface area contributed by atoms with Crippen molar-refractivity contribution in [1.29, 1.82) is 5.26 Å². The number of aryl methyl sites for hydroxylation is 1. The number of nitrogens with zero attached hydrogens (tertiary/aromatic N) is 3. The normalized spacial score (nSPS) is 18.4. The van der Waals surface area contributed by atoms with Gasteiger partial charge in [0.25, 0.3) is 12.9 Å². The Hall–Kier alpha value is -3.02. The molecule has 1 aromatic heterocycles. The van der Waals surface area contributed by atoms with E-state index in [9.17, 15) is 22.8 Å². The molecule has 0 spiro atoms. The summed E-state index contributed by atoms with van der Waals surface area (Å²) in [4.78, 5) is 0.626. The van der Waals surface area contributed by atoms with Gasteiger partial charge in [-0.1, -0.05) is 6.07 Å². The van der Waals surface area contributed by atoms with Gasteiger partial charge in [0, 0.05) is 23.8 Å². The van der Waals surface area contributed by atoms with Crippen LogP contribution < -0.4 is 5.73 Å². The highest BCUT2D eigenvalue weighted by Gasteiger charge is 2.39. The number of aromatic nitrogens is 2. The second-order valence-corrected chi connectivity index (χ2v) is 5.97. The number of allylic oxidation sites excluding steroid dienone is 3. The van der Waals surface area contributed by atoms with Gasteiger partial charge in [-0.3, -0.25) is 5.10 Å². The molecule has 2 aromatic rings. The molecule has 3 rings (SSSR count). The van der Waals surface area contributed by atoms with E-state index in [1.807, 2.05) is 0 Å². The number of halogens is 4. The van der Waals surface area contributed by atoms with Gasteiger partial charge in [0.05, 0.1) is 28.8 Å². The SMILES string of the molecule is Cc1[nH]nc2ccc(C3C(N)=C(C(F)F)N(C)C(C(F)F)=C3C#N)cc12. The minimum Gasteiger partial charge on any atom is -0.400 e. The van der Waals surface area contributed by atoms with Crippen LogP contribution in [0.15, 0.2) is 40.9 Å². The molecule has 3 N–H and O–H groups in total. The molecule has 0 aliphatic carbocycles. The molecule has 0 radical (unpaired) electrons. The number of fused-ring (bicyclic) bond motifs is 1.